The molecule has 5 heteroatoms. The van der Waals surface area contributed by atoms with Gasteiger partial charge in [0.25, 0.3) is 0 Å². The summed E-state index contributed by atoms with van der Waals surface area (Å²) in [6.45, 7) is 11.7. The quantitative estimate of drug-likeness (QED) is 0.745. The lowest BCUT2D eigenvalue weighted by Crippen LogP contribution is -2.34. The molecule has 18 heavy (non-hydrogen) atoms. The van der Waals surface area contributed by atoms with E-state index in [9.17, 15) is 4.79 Å². The summed E-state index contributed by atoms with van der Waals surface area (Å²) >= 11 is 1.50. The van der Waals surface area contributed by atoms with Crippen molar-refractivity contribution in [1.29, 1.82) is 0 Å². The second-order valence-electron chi connectivity index (χ2n) is 4.88. The van der Waals surface area contributed by atoms with Crippen LogP contribution < -0.4 is 4.90 Å². The molecule has 0 unspecified atom stereocenters. The number of hydrogen-bond donors (Lipinski definition) is 0. The molecule has 1 aromatic heterocycles. The molecule has 0 aliphatic heterocycles. The van der Waals surface area contributed by atoms with Crippen LogP contribution in [-0.4, -0.2) is 30.1 Å². The number of carbonyl (C=O) groups excluding carboxylic acids is 1. The third-order valence-corrected chi connectivity index (χ3v) is 3.29. The van der Waals surface area contributed by atoms with Crippen LogP contribution >= 0.6 is 11.3 Å². The summed E-state index contributed by atoms with van der Waals surface area (Å²) in [5.74, 6) is 0.218. The molecule has 0 saturated carbocycles. The molecule has 4 nitrogen and oxygen atoms in total. The molecule has 102 valence electrons. The van der Waals surface area contributed by atoms with Gasteiger partial charge in [0.15, 0.2) is 10.8 Å². The first-order valence-corrected chi connectivity index (χ1v) is 7.23. The van der Waals surface area contributed by atoms with Crippen LogP contribution in [0, 0.1) is 5.92 Å². The fourth-order valence-electron chi connectivity index (χ4n) is 1.60. The van der Waals surface area contributed by atoms with Gasteiger partial charge in [-0.2, -0.15) is 0 Å². The molecule has 0 fully saturated rings. The Hall–Kier alpha value is -1.10. The standard InChI is InChI=1S/C13H22N2O2S/c1-6-17-12(16)11-8-18-13(14-11)15(10(4)5)7-9(2)3/h8-10H,6-7H2,1-5H3. The number of hydrogen-bond acceptors (Lipinski definition) is 5. The SMILES string of the molecule is CCOC(=O)c1csc(N(CC(C)C)C(C)C)n1. The Kier molecular flexibility index (Phi) is 5.59. The van der Waals surface area contributed by atoms with E-state index in [2.05, 4.69) is 37.6 Å². The van der Waals surface area contributed by atoms with E-state index in [1.165, 1.54) is 11.3 Å². The number of anilines is 1. The molecule has 0 N–H and O–H groups in total. The summed E-state index contributed by atoms with van der Waals surface area (Å²) in [7, 11) is 0. The molecule has 1 aromatic rings. The Balaban J connectivity index is 2.84. The molecule has 0 aliphatic carbocycles. The molecule has 0 saturated heterocycles. The molecule has 1 rings (SSSR count). The van der Waals surface area contributed by atoms with Crippen LogP contribution in [0.15, 0.2) is 5.38 Å². The Bertz CT molecular complexity index is 388. The number of nitrogens with zero attached hydrogens (tertiary/aromatic N) is 2. The van der Waals surface area contributed by atoms with E-state index in [1.807, 2.05) is 0 Å². The minimum Gasteiger partial charge on any atom is -0.461 e. The molecular weight excluding hydrogens is 248 g/mol. The molecule has 0 radical (unpaired) electrons. The van der Waals surface area contributed by atoms with Crippen LogP contribution in [0.1, 0.15) is 45.1 Å². The Morgan fingerprint density at radius 1 is 1.44 bits per heavy atom. The topological polar surface area (TPSA) is 42.4 Å². The zero-order chi connectivity index (χ0) is 13.7. The monoisotopic (exact) mass is 270 g/mol. The third kappa shape index (κ3) is 3.98. The van der Waals surface area contributed by atoms with Crippen LogP contribution in [0.3, 0.4) is 0 Å². The molecular formula is C13H22N2O2S. The van der Waals surface area contributed by atoms with Crippen molar-refractivity contribution < 1.29 is 9.53 Å². The minimum atomic E-state index is -0.340. The lowest BCUT2D eigenvalue weighted by molar-refractivity contribution is 0.0520. The molecule has 0 aromatic carbocycles. The highest BCUT2D eigenvalue weighted by molar-refractivity contribution is 7.13. The van der Waals surface area contributed by atoms with Crippen molar-refractivity contribution in [1.82, 2.24) is 4.98 Å². The van der Waals surface area contributed by atoms with Gasteiger partial charge in [0.2, 0.25) is 0 Å². The van der Waals surface area contributed by atoms with Crippen LogP contribution in [0.2, 0.25) is 0 Å². The first-order chi connectivity index (χ1) is 8.45. The second-order valence-corrected chi connectivity index (χ2v) is 5.71. The van der Waals surface area contributed by atoms with Gasteiger partial charge < -0.3 is 9.64 Å². The highest BCUT2D eigenvalue weighted by Crippen LogP contribution is 2.24. The largest absolute Gasteiger partial charge is 0.461 e. The predicted molar refractivity (Wildman–Crippen MR) is 75.4 cm³/mol. The van der Waals surface area contributed by atoms with Gasteiger partial charge in [0, 0.05) is 18.0 Å². The van der Waals surface area contributed by atoms with Crippen LogP contribution in [0.4, 0.5) is 5.13 Å². The molecule has 0 bridgehead atoms. The summed E-state index contributed by atoms with van der Waals surface area (Å²) in [5.41, 5.74) is 0.409. The van der Waals surface area contributed by atoms with E-state index in [-0.39, 0.29) is 5.97 Å². The fraction of sp³-hybridized carbons (Fsp3) is 0.692. The molecule has 0 atom stereocenters. The maximum Gasteiger partial charge on any atom is 0.357 e. The number of carbonyl (C=O) groups is 1. The highest BCUT2D eigenvalue weighted by Gasteiger charge is 2.18. The molecule has 1 heterocycles. The lowest BCUT2D eigenvalue weighted by Gasteiger charge is -2.27. The van der Waals surface area contributed by atoms with Crippen molar-refractivity contribution in [2.24, 2.45) is 5.92 Å². The van der Waals surface area contributed by atoms with E-state index < -0.39 is 0 Å². The molecule has 0 amide bonds. The predicted octanol–water partition coefficient (Wildman–Crippen LogP) is 3.19. The van der Waals surface area contributed by atoms with E-state index in [0.717, 1.165) is 11.7 Å². The molecule has 0 spiro atoms. The van der Waals surface area contributed by atoms with Crippen LogP contribution in [0.5, 0.6) is 0 Å². The van der Waals surface area contributed by atoms with Crippen molar-refractivity contribution in [3.63, 3.8) is 0 Å². The zero-order valence-electron chi connectivity index (χ0n) is 11.8. The Morgan fingerprint density at radius 3 is 2.61 bits per heavy atom. The zero-order valence-corrected chi connectivity index (χ0v) is 12.6. The number of aromatic nitrogens is 1. The first-order valence-electron chi connectivity index (χ1n) is 6.35. The van der Waals surface area contributed by atoms with E-state index in [0.29, 0.717) is 24.3 Å². The van der Waals surface area contributed by atoms with Gasteiger partial charge in [-0.3, -0.25) is 0 Å². The number of ether oxygens (including phenoxy) is 1. The average Bonchev–Trinajstić information content (AvgIpc) is 2.74. The van der Waals surface area contributed by atoms with Gasteiger partial charge in [0.05, 0.1) is 6.61 Å². The fourth-order valence-corrected chi connectivity index (χ4v) is 2.54. The molecule has 0 aliphatic rings. The van der Waals surface area contributed by atoms with E-state index in [4.69, 9.17) is 4.74 Å². The number of rotatable bonds is 6. The van der Waals surface area contributed by atoms with Crippen molar-refractivity contribution in [2.75, 3.05) is 18.1 Å². The highest BCUT2D eigenvalue weighted by atomic mass is 32.1. The Morgan fingerprint density at radius 2 is 2.11 bits per heavy atom. The summed E-state index contributed by atoms with van der Waals surface area (Å²) in [6, 6.07) is 0.369. The Labute approximate surface area is 113 Å². The normalized spacial score (nSPS) is 11.1. The number of esters is 1. The van der Waals surface area contributed by atoms with Gasteiger partial charge in [-0.05, 0) is 26.7 Å². The van der Waals surface area contributed by atoms with Gasteiger partial charge in [-0.1, -0.05) is 13.8 Å². The van der Waals surface area contributed by atoms with Crippen LogP contribution in [-0.2, 0) is 4.74 Å². The van der Waals surface area contributed by atoms with E-state index in [1.54, 1.807) is 12.3 Å². The van der Waals surface area contributed by atoms with Gasteiger partial charge in [-0.25, -0.2) is 9.78 Å². The average molecular weight is 270 g/mol. The van der Waals surface area contributed by atoms with Gasteiger partial charge >= 0.3 is 5.97 Å². The summed E-state index contributed by atoms with van der Waals surface area (Å²) < 4.78 is 4.95. The minimum absolute atomic E-state index is 0.340. The maximum absolute atomic E-state index is 11.6. The lowest BCUT2D eigenvalue weighted by atomic mass is 10.2. The third-order valence-electron chi connectivity index (χ3n) is 2.41. The van der Waals surface area contributed by atoms with Crippen molar-refractivity contribution >= 4 is 22.4 Å². The first kappa shape index (κ1) is 15.0. The van der Waals surface area contributed by atoms with Crippen LogP contribution in [0.25, 0.3) is 0 Å². The smallest absolute Gasteiger partial charge is 0.357 e. The summed E-state index contributed by atoms with van der Waals surface area (Å²) in [4.78, 5) is 18.2. The maximum atomic E-state index is 11.6. The van der Waals surface area contributed by atoms with Gasteiger partial charge in [-0.15, -0.1) is 11.3 Å². The van der Waals surface area contributed by atoms with Crippen molar-refractivity contribution in [3.8, 4) is 0 Å². The summed E-state index contributed by atoms with van der Waals surface area (Å²) in [6.07, 6.45) is 0. The van der Waals surface area contributed by atoms with Gasteiger partial charge in [0.1, 0.15) is 0 Å². The van der Waals surface area contributed by atoms with E-state index >= 15 is 0 Å². The van der Waals surface area contributed by atoms with Crippen molar-refractivity contribution in [2.45, 2.75) is 40.7 Å². The second kappa shape index (κ2) is 6.73. The summed E-state index contributed by atoms with van der Waals surface area (Å²) in [5, 5.41) is 2.66. The van der Waals surface area contributed by atoms with Crippen molar-refractivity contribution in [3.05, 3.63) is 11.1 Å². The number of thiazole rings is 1.